The normalized spacial score (nSPS) is 8.11. The molecule has 0 aliphatic rings. The Balaban J connectivity index is 0.000000640. The average Bonchev–Trinajstić information content (AvgIpc) is 1.90. The third-order valence-corrected chi connectivity index (χ3v) is 0.993. The van der Waals surface area contributed by atoms with Gasteiger partial charge in [-0.1, -0.05) is 24.3 Å². The predicted octanol–water partition coefficient (Wildman–Crippen LogP) is 0.0293. The molecule has 1 rings (SSSR count). The van der Waals surface area contributed by atoms with Gasteiger partial charge >= 0.3 is 23.1 Å². The Morgan fingerprint density at radius 2 is 2.22 bits per heavy atom. The Morgan fingerprint density at radius 3 is 2.56 bits per heavy atom. The third-order valence-electron chi connectivity index (χ3n) is 0.993. The van der Waals surface area contributed by atoms with Crippen molar-refractivity contribution >= 4 is 23.1 Å². The number of benzene rings is 1. The summed E-state index contributed by atoms with van der Waals surface area (Å²) in [5, 5.41) is 0. The van der Waals surface area contributed by atoms with Gasteiger partial charge in [0.25, 0.3) is 0 Å². The lowest BCUT2D eigenvalue weighted by atomic mass is 10.2. The van der Waals surface area contributed by atoms with E-state index in [1.54, 1.807) is 0 Å². The molecule has 1 radical (unpaired) electrons. The monoisotopic (exact) mass is 132 g/mol. The molecular formula is C7H10MgN. The van der Waals surface area contributed by atoms with Crippen LogP contribution in [0.15, 0.2) is 24.3 Å². The summed E-state index contributed by atoms with van der Waals surface area (Å²) in [6.45, 7) is 0.584. The highest BCUT2D eigenvalue weighted by Crippen LogP contribution is 1.92. The molecule has 0 amide bonds. The minimum atomic E-state index is 0. The fourth-order valence-electron chi connectivity index (χ4n) is 0.557. The van der Waals surface area contributed by atoms with Crippen LogP contribution in [0.4, 0.5) is 0 Å². The zero-order chi connectivity index (χ0) is 5.82. The summed E-state index contributed by atoms with van der Waals surface area (Å²) in [4.78, 5) is 0. The van der Waals surface area contributed by atoms with Crippen LogP contribution >= 0.6 is 0 Å². The van der Waals surface area contributed by atoms with Crippen molar-refractivity contribution in [3.05, 3.63) is 35.9 Å². The lowest BCUT2D eigenvalue weighted by Crippen LogP contribution is -1.94. The van der Waals surface area contributed by atoms with Crippen molar-refractivity contribution in [2.45, 2.75) is 6.54 Å². The van der Waals surface area contributed by atoms with E-state index >= 15 is 0 Å². The molecule has 0 unspecified atom stereocenters. The zero-order valence-electron chi connectivity index (χ0n) is 4.59. The second kappa shape index (κ2) is 4.79. The molecule has 0 saturated carbocycles. The summed E-state index contributed by atoms with van der Waals surface area (Å²) in [6, 6.07) is 10.7. The molecule has 0 aliphatic heterocycles. The molecule has 0 bridgehead atoms. The summed E-state index contributed by atoms with van der Waals surface area (Å²) >= 11 is 0. The van der Waals surface area contributed by atoms with Crippen LogP contribution in [-0.2, 0) is 6.54 Å². The van der Waals surface area contributed by atoms with E-state index in [2.05, 4.69) is 6.07 Å². The van der Waals surface area contributed by atoms with Crippen molar-refractivity contribution < 1.29 is 0 Å². The van der Waals surface area contributed by atoms with Gasteiger partial charge in [0.1, 0.15) is 0 Å². The molecular weight excluding hydrogens is 122 g/mol. The Hall–Kier alpha value is -0.0538. The van der Waals surface area contributed by atoms with Gasteiger partial charge in [-0.3, -0.25) is 0 Å². The van der Waals surface area contributed by atoms with Gasteiger partial charge in [0.05, 0.1) is 0 Å². The van der Waals surface area contributed by atoms with Crippen LogP contribution in [0.5, 0.6) is 0 Å². The maximum atomic E-state index is 5.32. The SMILES string of the molecule is NCc1[c]cccc1.[MgH2]. The van der Waals surface area contributed by atoms with Gasteiger partial charge < -0.3 is 5.73 Å². The molecule has 9 heavy (non-hydrogen) atoms. The van der Waals surface area contributed by atoms with Crippen molar-refractivity contribution in [3.8, 4) is 0 Å². The highest BCUT2D eigenvalue weighted by Gasteiger charge is 1.80. The maximum Gasteiger partial charge on any atom is 0.316 e. The van der Waals surface area contributed by atoms with Crippen LogP contribution in [-0.4, -0.2) is 23.1 Å². The molecule has 0 saturated heterocycles. The van der Waals surface area contributed by atoms with Crippen LogP contribution in [0, 0.1) is 6.07 Å². The minimum Gasteiger partial charge on any atom is -0.326 e. The van der Waals surface area contributed by atoms with Gasteiger partial charge in [-0.2, -0.15) is 0 Å². The fraction of sp³-hybridized carbons (Fsp3) is 0.143. The van der Waals surface area contributed by atoms with Crippen molar-refractivity contribution in [3.63, 3.8) is 0 Å². The van der Waals surface area contributed by atoms with Crippen molar-refractivity contribution in [2.24, 2.45) is 5.73 Å². The van der Waals surface area contributed by atoms with Gasteiger partial charge in [-0.25, -0.2) is 0 Å². The van der Waals surface area contributed by atoms with Crippen molar-refractivity contribution in [2.75, 3.05) is 0 Å². The fourth-order valence-corrected chi connectivity index (χ4v) is 0.557. The number of hydrogen-bond donors (Lipinski definition) is 1. The Labute approximate surface area is 71.4 Å². The predicted molar refractivity (Wildman–Crippen MR) is 41.7 cm³/mol. The lowest BCUT2D eigenvalue weighted by molar-refractivity contribution is 1.07. The minimum absolute atomic E-state index is 0. The zero-order valence-corrected chi connectivity index (χ0v) is 4.59. The molecule has 2 heteroatoms. The molecule has 0 aromatic heterocycles. The van der Waals surface area contributed by atoms with Crippen LogP contribution in [0.25, 0.3) is 0 Å². The van der Waals surface area contributed by atoms with E-state index in [1.165, 1.54) is 0 Å². The number of rotatable bonds is 1. The topological polar surface area (TPSA) is 26.0 Å². The van der Waals surface area contributed by atoms with Gasteiger partial charge in [-0.15, -0.1) is 0 Å². The summed E-state index contributed by atoms with van der Waals surface area (Å²) in [7, 11) is 0. The van der Waals surface area contributed by atoms with E-state index < -0.39 is 0 Å². The summed E-state index contributed by atoms with van der Waals surface area (Å²) in [5.74, 6) is 0. The molecule has 45 valence electrons. The van der Waals surface area contributed by atoms with Crippen molar-refractivity contribution in [1.29, 1.82) is 0 Å². The first-order valence-electron chi connectivity index (χ1n) is 2.59. The summed E-state index contributed by atoms with van der Waals surface area (Å²) in [6.07, 6.45) is 0. The van der Waals surface area contributed by atoms with E-state index in [1.807, 2.05) is 24.3 Å². The highest BCUT2D eigenvalue weighted by molar-refractivity contribution is 5.75. The van der Waals surface area contributed by atoms with Crippen LogP contribution in [0.1, 0.15) is 5.56 Å². The second-order valence-corrected chi connectivity index (χ2v) is 1.59. The third kappa shape index (κ3) is 2.84. The average molecular weight is 132 g/mol. The first-order chi connectivity index (χ1) is 3.93. The Morgan fingerprint density at radius 1 is 1.44 bits per heavy atom. The quantitative estimate of drug-likeness (QED) is 0.536. The molecule has 1 nitrogen and oxygen atoms in total. The van der Waals surface area contributed by atoms with Crippen molar-refractivity contribution in [1.82, 2.24) is 0 Å². The van der Waals surface area contributed by atoms with Crippen LogP contribution < -0.4 is 5.73 Å². The molecule has 0 fully saturated rings. The molecule has 0 heterocycles. The molecule has 1 aromatic rings. The Kier molecular flexibility index (Phi) is 4.76. The molecule has 0 atom stereocenters. The maximum absolute atomic E-state index is 5.32. The largest absolute Gasteiger partial charge is 0.326 e. The van der Waals surface area contributed by atoms with E-state index in [4.69, 9.17) is 5.73 Å². The summed E-state index contributed by atoms with van der Waals surface area (Å²) in [5.41, 5.74) is 6.38. The molecule has 2 N–H and O–H groups in total. The highest BCUT2D eigenvalue weighted by atomic mass is 24.3. The Bertz CT molecular complexity index is 150. The second-order valence-electron chi connectivity index (χ2n) is 1.59. The summed E-state index contributed by atoms with van der Waals surface area (Å²) < 4.78 is 0. The van der Waals surface area contributed by atoms with Gasteiger partial charge in [0.15, 0.2) is 0 Å². The van der Waals surface area contributed by atoms with E-state index in [-0.39, 0.29) is 23.1 Å². The van der Waals surface area contributed by atoms with E-state index in [0.29, 0.717) is 6.54 Å². The smallest absolute Gasteiger partial charge is 0.316 e. The first-order valence-corrected chi connectivity index (χ1v) is 2.59. The van der Waals surface area contributed by atoms with Gasteiger partial charge in [0.2, 0.25) is 0 Å². The van der Waals surface area contributed by atoms with Gasteiger partial charge in [0, 0.05) is 6.54 Å². The first kappa shape index (κ1) is 8.95. The van der Waals surface area contributed by atoms with Gasteiger partial charge in [-0.05, 0) is 11.6 Å². The van der Waals surface area contributed by atoms with Crippen LogP contribution in [0.2, 0.25) is 0 Å². The lowest BCUT2D eigenvalue weighted by Gasteiger charge is -1.89. The van der Waals surface area contributed by atoms with E-state index in [0.717, 1.165) is 5.56 Å². The standard InChI is InChI=1S/C7H8N.Mg.2H/c8-6-7-4-2-1-3-5-7;;;/h1-4H,6,8H2;;;. The number of hydrogen-bond acceptors (Lipinski definition) is 1. The number of nitrogens with two attached hydrogens (primary N) is 1. The molecule has 1 aromatic carbocycles. The van der Waals surface area contributed by atoms with Crippen LogP contribution in [0.3, 0.4) is 0 Å². The molecule has 0 aliphatic carbocycles. The molecule has 0 spiro atoms. The van der Waals surface area contributed by atoms with E-state index in [9.17, 15) is 0 Å².